The Hall–Kier alpha value is -4.30. The molecule has 0 aromatic heterocycles. The van der Waals surface area contributed by atoms with Gasteiger partial charge in [0.25, 0.3) is 29.2 Å². The first-order valence-electron chi connectivity index (χ1n) is 12.5. The van der Waals surface area contributed by atoms with Crippen LogP contribution in [0.15, 0.2) is 29.2 Å². The van der Waals surface area contributed by atoms with Crippen LogP contribution in [0.2, 0.25) is 0 Å². The lowest BCUT2D eigenvalue weighted by Gasteiger charge is -2.49. The number of likely N-dealkylation sites (tertiary alicyclic amines) is 1. The topological polar surface area (TPSA) is 270 Å². The minimum absolute atomic E-state index is 0.101. The molecule has 1 aromatic carbocycles. The fourth-order valence-corrected chi connectivity index (χ4v) is 5.31. The number of benzene rings is 1. The van der Waals surface area contributed by atoms with Crippen molar-refractivity contribution >= 4 is 23.5 Å². The molecule has 4 heterocycles. The Morgan fingerprint density at radius 3 is 2.23 bits per heavy atom. The number of carbonyl (C=O) groups excluding carboxylic acids is 3. The van der Waals surface area contributed by atoms with E-state index in [0.29, 0.717) is 26.3 Å². The Morgan fingerprint density at radius 2 is 1.63 bits per heavy atom. The van der Waals surface area contributed by atoms with Crippen LogP contribution in [-0.4, -0.2) is 124 Å². The molecule has 43 heavy (non-hydrogen) atoms. The summed E-state index contributed by atoms with van der Waals surface area (Å²) >= 11 is 0. The molecule has 1 aromatic rings. The Labute approximate surface area is 239 Å². The number of aliphatic hydroxyl groups is 7. The van der Waals surface area contributed by atoms with Crippen LogP contribution in [-0.2, 0) is 37.0 Å². The van der Waals surface area contributed by atoms with Crippen LogP contribution in [0.25, 0.3) is 5.76 Å². The van der Waals surface area contributed by atoms with Gasteiger partial charge >= 0.3 is 5.79 Å². The van der Waals surface area contributed by atoms with Crippen molar-refractivity contribution in [3.63, 3.8) is 0 Å². The van der Waals surface area contributed by atoms with Gasteiger partial charge < -0.3 is 55.4 Å². The van der Waals surface area contributed by atoms with Crippen LogP contribution in [0.3, 0.4) is 0 Å². The highest BCUT2D eigenvalue weighted by atomic mass is 19.1. The van der Waals surface area contributed by atoms with Crippen LogP contribution in [0, 0.1) is 5.82 Å². The van der Waals surface area contributed by atoms with Crippen LogP contribution >= 0.6 is 0 Å². The average molecular weight is 611 g/mol. The number of piperidine rings is 1. The van der Waals surface area contributed by atoms with E-state index in [4.69, 9.17) is 9.47 Å². The lowest BCUT2D eigenvalue weighted by molar-refractivity contribution is -0.407. The number of phenolic OH excluding ortho intramolecular Hbond substituents is 2. The third-order valence-electron chi connectivity index (χ3n) is 7.74. The molecule has 0 spiro atoms. The summed E-state index contributed by atoms with van der Waals surface area (Å²) in [5.74, 6) is -20.3. The van der Waals surface area contributed by atoms with Gasteiger partial charge in [-0.3, -0.25) is 29.5 Å². The van der Waals surface area contributed by atoms with Gasteiger partial charge in [0.15, 0.2) is 23.1 Å². The summed E-state index contributed by atoms with van der Waals surface area (Å²) < 4.78 is 26.2. The summed E-state index contributed by atoms with van der Waals surface area (Å²) in [5, 5.41) is 95.7. The maximum atomic E-state index is 15.4. The van der Waals surface area contributed by atoms with Crippen molar-refractivity contribution in [3.8, 4) is 11.5 Å². The zero-order valence-electron chi connectivity index (χ0n) is 22.0. The van der Waals surface area contributed by atoms with E-state index in [0.717, 1.165) is 0 Å². The van der Waals surface area contributed by atoms with Crippen LogP contribution < -0.4 is 5.32 Å². The van der Waals surface area contributed by atoms with Gasteiger partial charge in [0.1, 0.15) is 18.1 Å². The van der Waals surface area contributed by atoms with Crippen LogP contribution in [0.1, 0.15) is 16.7 Å². The molecule has 0 bridgehead atoms. The molecule has 5 rings (SSSR count). The SMILES string of the molecule is C=C(O)/C(O)=C1/C(=O)N(C2(O)C(=O)NC(=O)C(O)(O)C2(O)O)C/C1=C1\OCc2c(F)c(O)c(CN3CCOCC3)c(O)c21. The number of hydrogen-bond acceptors (Lipinski definition) is 15. The van der Waals surface area contributed by atoms with Crippen molar-refractivity contribution in [3.05, 3.63) is 51.8 Å². The zero-order chi connectivity index (χ0) is 31.8. The molecule has 1 unspecified atom stereocenters. The molecule has 3 fully saturated rings. The summed E-state index contributed by atoms with van der Waals surface area (Å²) in [5.41, 5.74) is -6.78. The average Bonchev–Trinajstić information content (AvgIpc) is 3.54. The Morgan fingerprint density at radius 1 is 1.00 bits per heavy atom. The highest BCUT2D eigenvalue weighted by molar-refractivity contribution is 6.12. The second-order valence-electron chi connectivity index (χ2n) is 10.2. The van der Waals surface area contributed by atoms with Gasteiger partial charge in [-0.2, -0.15) is 0 Å². The Kier molecular flexibility index (Phi) is 6.93. The number of rotatable bonds is 4. The van der Waals surface area contributed by atoms with Gasteiger partial charge in [-0.05, 0) is 0 Å². The first kappa shape index (κ1) is 30.2. The van der Waals surface area contributed by atoms with Crippen molar-refractivity contribution in [1.82, 2.24) is 15.1 Å². The Balaban J connectivity index is 1.71. The molecule has 10 N–H and O–H groups in total. The maximum Gasteiger partial charge on any atom is 0.306 e. The molecule has 0 aliphatic carbocycles. The van der Waals surface area contributed by atoms with Crippen LogP contribution in [0.5, 0.6) is 11.5 Å². The van der Waals surface area contributed by atoms with E-state index >= 15 is 4.39 Å². The number of nitrogens with one attached hydrogen (secondary N) is 1. The lowest BCUT2D eigenvalue weighted by Crippen LogP contribution is -2.85. The number of halogens is 1. The molecule has 3 amide bonds. The third-order valence-corrected chi connectivity index (χ3v) is 7.74. The molecule has 1 atom stereocenters. The zero-order valence-corrected chi connectivity index (χ0v) is 22.0. The molecular weight excluding hydrogens is 585 g/mol. The first-order chi connectivity index (χ1) is 20.0. The van der Waals surface area contributed by atoms with Crippen LogP contribution in [0.4, 0.5) is 4.39 Å². The van der Waals surface area contributed by atoms with Gasteiger partial charge in [-0.15, -0.1) is 0 Å². The normalized spacial score (nSPS) is 28.0. The van der Waals surface area contributed by atoms with E-state index in [1.165, 1.54) is 5.32 Å². The molecule has 3 saturated heterocycles. The number of phenols is 2. The molecule has 0 saturated carbocycles. The summed E-state index contributed by atoms with van der Waals surface area (Å²) in [7, 11) is 0. The maximum absolute atomic E-state index is 15.4. The molecule has 17 nitrogen and oxygen atoms in total. The predicted molar refractivity (Wildman–Crippen MR) is 133 cm³/mol. The quantitative estimate of drug-likeness (QED) is 0.0693. The molecule has 4 aliphatic heterocycles. The standard InChI is InChI=1S/C25H26FN3O14/c1-9(30)16(31)14-10(7-29(20(14)34)23(37)21(35)27-22(36)24(38,39)25(23,40)41)19-13-12(8-43-19)15(26)18(33)11(17(13)32)6-28-2-4-42-5-3-28/h30-33,37-41H,1-8H2,(H,27,35,36)/b16-14-,19-10+. The smallest absolute Gasteiger partial charge is 0.306 e. The van der Waals surface area contributed by atoms with E-state index in [-0.39, 0.29) is 17.0 Å². The summed E-state index contributed by atoms with van der Waals surface area (Å²) in [6, 6.07) is 0. The minimum Gasteiger partial charge on any atom is -0.507 e. The molecule has 18 heteroatoms. The number of amides is 3. The second kappa shape index (κ2) is 9.88. The number of hydrogen-bond donors (Lipinski definition) is 10. The number of morpholine rings is 1. The lowest BCUT2D eigenvalue weighted by atomic mass is 9.87. The van der Waals surface area contributed by atoms with E-state index in [2.05, 4.69) is 6.58 Å². The van der Waals surface area contributed by atoms with Crippen molar-refractivity contribution in [2.45, 2.75) is 30.5 Å². The number of ether oxygens (including phenoxy) is 2. The minimum atomic E-state index is -4.49. The fraction of sp³-hybridized carbons (Fsp3) is 0.400. The summed E-state index contributed by atoms with van der Waals surface area (Å²) in [4.78, 5) is 39.8. The molecule has 232 valence electrons. The van der Waals surface area contributed by atoms with E-state index in [9.17, 15) is 60.3 Å². The molecule has 0 radical (unpaired) electrons. The van der Waals surface area contributed by atoms with Crippen molar-refractivity contribution < 1.29 is 74.2 Å². The van der Waals surface area contributed by atoms with Crippen molar-refractivity contribution in [2.24, 2.45) is 0 Å². The number of nitrogens with zero attached hydrogens (tertiary/aromatic N) is 2. The number of fused-ring (bicyclic) bond motifs is 1. The van der Waals surface area contributed by atoms with E-state index in [1.54, 1.807) is 4.90 Å². The monoisotopic (exact) mass is 611 g/mol. The number of carbonyl (C=O) groups is 3. The highest BCUT2D eigenvalue weighted by Gasteiger charge is 2.76. The van der Waals surface area contributed by atoms with E-state index in [1.807, 2.05) is 0 Å². The largest absolute Gasteiger partial charge is 0.507 e. The number of imide groups is 1. The fourth-order valence-electron chi connectivity index (χ4n) is 5.31. The predicted octanol–water partition coefficient (Wildman–Crippen LogP) is -3.26. The summed E-state index contributed by atoms with van der Waals surface area (Å²) in [6.45, 7) is 2.49. The van der Waals surface area contributed by atoms with Gasteiger partial charge in [-0.1, -0.05) is 6.58 Å². The first-order valence-corrected chi connectivity index (χ1v) is 12.5. The van der Waals surface area contributed by atoms with Gasteiger partial charge in [0, 0.05) is 30.8 Å². The van der Waals surface area contributed by atoms with E-state index < -0.39 is 105 Å². The molecule has 4 aliphatic rings. The second-order valence-corrected chi connectivity index (χ2v) is 10.2. The van der Waals surface area contributed by atoms with Crippen molar-refractivity contribution in [1.29, 1.82) is 0 Å². The summed E-state index contributed by atoms with van der Waals surface area (Å²) in [6.07, 6.45) is 0. The van der Waals surface area contributed by atoms with Crippen molar-refractivity contribution in [2.75, 3.05) is 32.8 Å². The Bertz CT molecular complexity index is 1540. The molecular formula is C25H26FN3O14. The number of aliphatic hydroxyl groups excluding tert-OH is 2. The van der Waals surface area contributed by atoms with Gasteiger partial charge in [-0.25, -0.2) is 4.39 Å². The highest BCUT2D eigenvalue weighted by Crippen LogP contribution is 2.50. The third kappa shape index (κ3) is 4.07. The van der Waals surface area contributed by atoms with Gasteiger partial charge in [0.05, 0.1) is 36.5 Å². The van der Waals surface area contributed by atoms with Gasteiger partial charge in [0.2, 0.25) is 0 Å². The number of aromatic hydroxyl groups is 2.